The first-order chi connectivity index (χ1) is 20.7. The van der Waals surface area contributed by atoms with E-state index in [4.69, 9.17) is 16.2 Å². The Kier molecular flexibility index (Phi) is 7.75. The number of ether oxygens (including phenoxy) is 1. The molecular formula is C29H32N6O9. The first-order valence-electron chi connectivity index (χ1n) is 13.6. The number of benzene rings is 1. The normalized spacial score (nSPS) is 25.4. The van der Waals surface area contributed by atoms with Gasteiger partial charge in [0.25, 0.3) is 5.91 Å². The van der Waals surface area contributed by atoms with Crippen LogP contribution >= 0.6 is 0 Å². The molecule has 1 saturated carbocycles. The van der Waals surface area contributed by atoms with E-state index < -0.39 is 70.2 Å². The zero-order valence-corrected chi connectivity index (χ0v) is 24.1. The molecule has 0 radical (unpaired) electrons. The highest BCUT2D eigenvalue weighted by Gasteiger charge is 2.64. The predicted molar refractivity (Wildman–Crippen MR) is 154 cm³/mol. The summed E-state index contributed by atoms with van der Waals surface area (Å²) >= 11 is 0. The van der Waals surface area contributed by atoms with Crippen LogP contribution in [-0.2, 0) is 30.3 Å². The fourth-order valence-electron chi connectivity index (χ4n) is 6.49. The van der Waals surface area contributed by atoms with Crippen molar-refractivity contribution in [2.45, 2.75) is 37.1 Å². The van der Waals surface area contributed by atoms with Gasteiger partial charge in [-0.15, -0.1) is 0 Å². The van der Waals surface area contributed by atoms with Crippen LogP contribution in [0, 0.1) is 11.8 Å². The van der Waals surface area contributed by atoms with Crippen molar-refractivity contribution in [3.63, 3.8) is 0 Å². The number of hydrogen-bond donors (Lipinski definition) is 7. The number of amides is 2. The van der Waals surface area contributed by atoms with Gasteiger partial charge in [0.05, 0.1) is 18.0 Å². The van der Waals surface area contributed by atoms with Crippen molar-refractivity contribution in [2.24, 2.45) is 23.3 Å². The number of phenols is 1. The van der Waals surface area contributed by atoms with Gasteiger partial charge in [-0.1, -0.05) is 6.07 Å². The largest absolute Gasteiger partial charge is 0.508 e. The summed E-state index contributed by atoms with van der Waals surface area (Å²) < 4.78 is 4.87. The van der Waals surface area contributed by atoms with Gasteiger partial charge in [0.1, 0.15) is 29.1 Å². The summed E-state index contributed by atoms with van der Waals surface area (Å²) in [5.74, 6) is -7.74. The van der Waals surface area contributed by atoms with Gasteiger partial charge in [-0.3, -0.25) is 29.4 Å². The summed E-state index contributed by atoms with van der Waals surface area (Å²) in [6, 6.07) is 1.70. The molecule has 1 heterocycles. The van der Waals surface area contributed by atoms with E-state index in [0.717, 1.165) is 0 Å². The average molecular weight is 609 g/mol. The van der Waals surface area contributed by atoms with Crippen LogP contribution in [-0.4, -0.2) is 97.8 Å². The molecule has 9 N–H and O–H groups in total. The van der Waals surface area contributed by atoms with E-state index in [-0.39, 0.29) is 42.1 Å². The number of aromatic hydroxyl groups is 1. The molecule has 2 aromatic rings. The number of nitrogens with two attached hydrogens (primary N) is 2. The minimum absolute atomic E-state index is 0.0109. The fraction of sp³-hybridized carbons (Fsp3) is 0.379. The number of Topliss-reactive ketones (excluding diaryl/α,β-unsaturated/α-hetero) is 2. The molecule has 232 valence electrons. The molecule has 15 heteroatoms. The zero-order chi connectivity index (χ0) is 32.2. The van der Waals surface area contributed by atoms with Crippen LogP contribution in [0.5, 0.6) is 5.75 Å². The van der Waals surface area contributed by atoms with Gasteiger partial charge in [-0.2, -0.15) is 0 Å². The lowest BCUT2D eigenvalue weighted by Gasteiger charge is -2.50. The second-order valence-corrected chi connectivity index (χ2v) is 11.3. The lowest BCUT2D eigenvalue weighted by molar-refractivity contribution is -0.153. The Morgan fingerprint density at radius 2 is 1.84 bits per heavy atom. The maximum atomic E-state index is 14.0. The molecule has 44 heavy (non-hydrogen) atoms. The highest BCUT2D eigenvalue weighted by molar-refractivity contribution is 6.24. The van der Waals surface area contributed by atoms with Gasteiger partial charge in [0.2, 0.25) is 17.6 Å². The number of aliphatic hydroxyl groups is 3. The standard InChI is InChI=1S/C29H32N6O9/c1-35(2)22-15-7-11-6-14-13(12-9-32-28(33-10-12)34-18(37)8-17(30)44-3)4-5-16(36)20(14)23(38)19(11)25(40)29(15,43)26(41)21(24(22)39)27(31)42/h4-5,9-11,15,17,22,36,38,41,43H,6-8,30H2,1-3H3,(H2,31,42)(H,32,33,34,37)/t11-,15-,17?,22-,29-/m0/s1. The van der Waals surface area contributed by atoms with Crippen LogP contribution in [0.1, 0.15) is 24.0 Å². The molecule has 3 aliphatic rings. The van der Waals surface area contributed by atoms with Crippen molar-refractivity contribution < 1.29 is 44.3 Å². The Morgan fingerprint density at radius 3 is 2.43 bits per heavy atom. The highest BCUT2D eigenvalue weighted by Crippen LogP contribution is 2.53. The van der Waals surface area contributed by atoms with Crippen LogP contribution in [0.3, 0.4) is 0 Å². The summed E-state index contributed by atoms with van der Waals surface area (Å²) in [6.45, 7) is 0. The quantitative estimate of drug-likeness (QED) is 0.157. The van der Waals surface area contributed by atoms with E-state index in [1.807, 2.05) is 0 Å². The van der Waals surface area contributed by atoms with Gasteiger partial charge in [-0.25, -0.2) is 9.97 Å². The SMILES string of the molecule is COC(N)CC(=O)Nc1ncc(-c2ccc(O)c3c2C[C@H]2C[C@H]4[C@H](N(C)C)C(=O)C(C(N)=O)=C(O)[C@@]4(O)C(=O)C2=C3O)cn1. The third-order valence-corrected chi connectivity index (χ3v) is 8.51. The van der Waals surface area contributed by atoms with Crippen LogP contribution in [0.25, 0.3) is 16.9 Å². The van der Waals surface area contributed by atoms with Gasteiger partial charge in [-0.05, 0) is 50.0 Å². The molecule has 5 atom stereocenters. The number of fused-ring (bicyclic) bond motifs is 3. The molecule has 1 aromatic carbocycles. The summed E-state index contributed by atoms with van der Waals surface area (Å²) in [5.41, 5.74) is 8.47. The number of nitrogens with zero attached hydrogens (tertiary/aromatic N) is 3. The second kappa shape index (κ2) is 11.1. The number of methoxy groups -OCH3 is 1. The number of phenolic OH excluding ortho intramolecular Hbond substituents is 1. The second-order valence-electron chi connectivity index (χ2n) is 11.3. The Bertz CT molecular complexity index is 1650. The molecule has 0 spiro atoms. The van der Waals surface area contributed by atoms with Crippen molar-refractivity contribution in [1.29, 1.82) is 0 Å². The number of likely N-dealkylation sites (N-methyl/N-ethyl adjacent to an activating group) is 1. The lowest BCUT2D eigenvalue weighted by atomic mass is 9.57. The third kappa shape index (κ3) is 4.70. The minimum Gasteiger partial charge on any atom is -0.508 e. The lowest BCUT2D eigenvalue weighted by Crippen LogP contribution is -2.65. The zero-order valence-electron chi connectivity index (χ0n) is 24.1. The molecule has 2 amide bonds. The summed E-state index contributed by atoms with van der Waals surface area (Å²) in [6.07, 6.45) is 1.99. The van der Waals surface area contributed by atoms with E-state index in [1.165, 1.54) is 44.6 Å². The van der Waals surface area contributed by atoms with Gasteiger partial charge in [0, 0.05) is 36.6 Å². The summed E-state index contributed by atoms with van der Waals surface area (Å²) in [4.78, 5) is 61.3. The highest BCUT2D eigenvalue weighted by atomic mass is 16.5. The Morgan fingerprint density at radius 1 is 1.18 bits per heavy atom. The Balaban J connectivity index is 1.58. The van der Waals surface area contributed by atoms with Crippen molar-refractivity contribution in [2.75, 3.05) is 26.5 Å². The number of hydrogen-bond acceptors (Lipinski definition) is 13. The number of carbonyl (C=O) groups is 4. The van der Waals surface area contributed by atoms with Gasteiger partial charge in [0.15, 0.2) is 11.4 Å². The number of nitrogens with one attached hydrogen (secondary N) is 1. The molecule has 1 aromatic heterocycles. The number of primary amides is 1. The first-order valence-corrected chi connectivity index (χ1v) is 13.6. The predicted octanol–water partition coefficient (Wildman–Crippen LogP) is -0.319. The number of carbonyl (C=O) groups excluding carboxylic acids is 4. The average Bonchev–Trinajstić information content (AvgIpc) is 2.95. The Hall–Kier alpha value is -4.70. The fourth-order valence-corrected chi connectivity index (χ4v) is 6.49. The third-order valence-electron chi connectivity index (χ3n) is 8.51. The van der Waals surface area contributed by atoms with E-state index in [2.05, 4.69) is 15.3 Å². The number of aliphatic hydroxyl groups excluding tert-OH is 2. The Labute approximate surface area is 250 Å². The van der Waals surface area contributed by atoms with Crippen LogP contribution in [0.2, 0.25) is 0 Å². The van der Waals surface area contributed by atoms with E-state index in [1.54, 1.807) is 6.07 Å². The van der Waals surface area contributed by atoms with Gasteiger partial charge >= 0.3 is 0 Å². The number of rotatable bonds is 7. The molecule has 5 rings (SSSR count). The van der Waals surface area contributed by atoms with E-state index in [0.29, 0.717) is 16.7 Å². The van der Waals surface area contributed by atoms with Crippen LogP contribution in [0.4, 0.5) is 5.95 Å². The molecule has 0 bridgehead atoms. The van der Waals surface area contributed by atoms with Crippen LogP contribution < -0.4 is 16.8 Å². The molecule has 3 aliphatic carbocycles. The molecular weight excluding hydrogens is 576 g/mol. The smallest absolute Gasteiger partial charge is 0.255 e. The maximum absolute atomic E-state index is 14.0. The van der Waals surface area contributed by atoms with Crippen molar-refractivity contribution in [1.82, 2.24) is 14.9 Å². The van der Waals surface area contributed by atoms with Crippen molar-refractivity contribution in [3.8, 4) is 16.9 Å². The topological polar surface area (TPSA) is 252 Å². The number of aromatic nitrogens is 2. The number of ketones is 2. The molecule has 1 fully saturated rings. The van der Waals surface area contributed by atoms with Crippen LogP contribution in [0.15, 0.2) is 41.4 Å². The van der Waals surface area contributed by atoms with E-state index in [9.17, 15) is 39.6 Å². The molecule has 15 nitrogen and oxygen atoms in total. The molecule has 0 saturated heterocycles. The number of anilines is 1. The summed E-state index contributed by atoms with van der Waals surface area (Å²) in [7, 11) is 4.43. The summed E-state index contributed by atoms with van der Waals surface area (Å²) in [5, 5.41) is 47.4. The van der Waals surface area contributed by atoms with Gasteiger partial charge < -0.3 is 36.6 Å². The maximum Gasteiger partial charge on any atom is 0.255 e. The first kappa shape index (κ1) is 30.7. The molecule has 0 aliphatic heterocycles. The monoisotopic (exact) mass is 608 g/mol. The van der Waals surface area contributed by atoms with Crippen molar-refractivity contribution in [3.05, 3.63) is 52.6 Å². The van der Waals surface area contributed by atoms with E-state index >= 15 is 0 Å². The molecule has 1 unspecified atom stereocenters. The van der Waals surface area contributed by atoms with Crippen molar-refractivity contribution >= 4 is 35.1 Å². The minimum atomic E-state index is -2.72.